The fourth-order valence-corrected chi connectivity index (χ4v) is 0.852. The van der Waals surface area contributed by atoms with Gasteiger partial charge in [0, 0.05) is 29.4 Å². The maximum Gasteiger partial charge on any atom is 0.151 e. The van der Waals surface area contributed by atoms with Crippen molar-refractivity contribution >= 4 is 11.6 Å². The van der Waals surface area contributed by atoms with E-state index in [2.05, 4.69) is 10.2 Å². The summed E-state index contributed by atoms with van der Waals surface area (Å²) >= 11 is 0. The average Bonchev–Trinajstić information content (AvgIpc) is 2.45. The molecule has 1 aliphatic rings. The van der Waals surface area contributed by atoms with Crippen LogP contribution in [0.15, 0.2) is 12.1 Å². The molecule has 14 heavy (non-hydrogen) atoms. The van der Waals surface area contributed by atoms with Crippen LogP contribution in [0.25, 0.3) is 0 Å². The Labute approximate surface area is 101 Å². The number of rotatable bonds is 1. The van der Waals surface area contributed by atoms with Gasteiger partial charge in [-0.1, -0.05) is 6.85 Å². The molecule has 0 atom stereocenters. The van der Waals surface area contributed by atoms with Gasteiger partial charge in [-0.2, -0.15) is 0 Å². The van der Waals surface area contributed by atoms with Gasteiger partial charge in [-0.25, -0.2) is 0 Å². The highest BCUT2D eigenvalue weighted by atomic mass is 15.3. The molecule has 0 spiro atoms. The van der Waals surface area contributed by atoms with Crippen LogP contribution in [0.3, 0.4) is 0 Å². The van der Waals surface area contributed by atoms with E-state index in [1.54, 1.807) is 0 Å². The maximum atomic E-state index is 8.10. The number of anilines is 2. The Kier molecular flexibility index (Phi) is 0.715. The van der Waals surface area contributed by atoms with Crippen LogP contribution in [-0.2, 0) is 0 Å². The first-order valence-electron chi connectivity index (χ1n) is 9.77. The van der Waals surface area contributed by atoms with Crippen molar-refractivity contribution in [2.75, 3.05) is 23.6 Å². The summed E-state index contributed by atoms with van der Waals surface area (Å²) in [7, 11) is 0. The minimum atomic E-state index is -3.77. The fourth-order valence-electron chi connectivity index (χ4n) is 0.852. The second-order valence-corrected chi connectivity index (χ2v) is 2.50. The Morgan fingerprint density at radius 2 is 2.36 bits per heavy atom. The summed E-state index contributed by atoms with van der Waals surface area (Å²) in [5, 5.41) is 6.89. The molecule has 2 heterocycles. The van der Waals surface area contributed by atoms with E-state index in [0.29, 0.717) is 0 Å². The fraction of sp³-hybridized carbons (Fsp3) is 0.600. The molecular formula is C10H16N4. The average molecular weight is 204 g/mol. The first-order chi connectivity index (χ1) is 11.4. The molecule has 1 fully saturated rings. The molecule has 0 unspecified atom stereocenters. The van der Waals surface area contributed by atoms with Gasteiger partial charge in [0.1, 0.15) is 5.82 Å². The van der Waals surface area contributed by atoms with Crippen molar-refractivity contribution in [3.8, 4) is 0 Å². The number of nitrogens with two attached hydrogens (primary N) is 1. The van der Waals surface area contributed by atoms with Crippen molar-refractivity contribution in [2.24, 2.45) is 5.89 Å². The Morgan fingerprint density at radius 1 is 1.57 bits per heavy atom. The third-order valence-corrected chi connectivity index (χ3v) is 1.49. The monoisotopic (exact) mass is 204 g/mol. The lowest BCUT2D eigenvalue weighted by Gasteiger charge is -2.30. The van der Waals surface area contributed by atoms with E-state index in [1.807, 2.05) is 0 Å². The summed E-state index contributed by atoms with van der Waals surface area (Å²) in [6.45, 7) is -10.6. The normalized spacial score (nSPS) is 48.7. The number of aromatic nitrogens is 2. The van der Waals surface area contributed by atoms with Crippen molar-refractivity contribution in [3.05, 3.63) is 12.1 Å². The summed E-state index contributed by atoms with van der Waals surface area (Å²) in [4.78, 5) is 0.0327. The van der Waals surface area contributed by atoms with Crippen LogP contribution in [0.1, 0.15) is 36.0 Å². The van der Waals surface area contributed by atoms with E-state index in [-0.39, 0.29) is 10.7 Å². The summed E-state index contributed by atoms with van der Waals surface area (Å²) in [5.41, 5.74) is 5.37. The topological polar surface area (TPSA) is 55.0 Å². The number of nitrogens with zero attached hydrogens (tertiary/aromatic N) is 3. The molecule has 1 aromatic rings. The van der Waals surface area contributed by atoms with Gasteiger partial charge >= 0.3 is 0 Å². The van der Waals surface area contributed by atoms with Gasteiger partial charge in [0.25, 0.3) is 0 Å². The van der Waals surface area contributed by atoms with Gasteiger partial charge in [-0.3, -0.25) is 0 Å². The quantitative estimate of drug-likeness (QED) is 0.749. The van der Waals surface area contributed by atoms with Crippen LogP contribution in [-0.4, -0.2) is 23.2 Å². The van der Waals surface area contributed by atoms with Crippen LogP contribution in [0.2, 0.25) is 0 Å². The van der Waals surface area contributed by atoms with Crippen LogP contribution >= 0.6 is 0 Å². The Hall–Kier alpha value is -1.32. The molecule has 4 nitrogen and oxygen atoms in total. The molecule has 0 radical (unpaired) electrons. The molecule has 2 rings (SSSR count). The SMILES string of the molecule is [2H]C([2H])([2H])C1([2H])C([2H])([2H])C([2H])([2H])N(c2ccc(N)nn2)C([2H])([2H])C1([2H])[2H]. The number of hydrogen-bond donors (Lipinski definition) is 1. The molecular weight excluding hydrogens is 176 g/mol. The summed E-state index contributed by atoms with van der Waals surface area (Å²) in [6, 6.07) is 2.11. The van der Waals surface area contributed by atoms with Gasteiger partial charge < -0.3 is 10.6 Å². The first-order valence-corrected chi connectivity index (χ1v) is 3.77. The second kappa shape index (κ2) is 3.82. The van der Waals surface area contributed by atoms with Gasteiger partial charge in [0.05, 0.1) is 0 Å². The minimum absolute atomic E-state index is 0.0327. The summed E-state index contributed by atoms with van der Waals surface area (Å²) in [6.07, 6.45) is -7.35. The van der Waals surface area contributed by atoms with Gasteiger partial charge in [0.15, 0.2) is 5.82 Å². The first kappa shape index (κ1) is 2.62. The van der Waals surface area contributed by atoms with E-state index in [0.717, 1.165) is 12.1 Å². The highest BCUT2D eigenvalue weighted by Gasteiger charge is 2.16. The molecule has 4 heteroatoms. The standard InChI is InChI=1S/C10H16N4/c1-8-4-6-14(7-5-8)10-3-2-9(11)12-13-10/h2-3,8H,4-7H2,1H3,(H2,11,12)/i1D3,4D2,5D2,6D2,7D2,8D. The van der Waals surface area contributed by atoms with E-state index in [9.17, 15) is 0 Å². The molecule has 0 amide bonds. The van der Waals surface area contributed by atoms with Gasteiger partial charge in [0.2, 0.25) is 0 Å². The molecule has 76 valence electrons. The molecule has 0 aromatic carbocycles. The third kappa shape index (κ3) is 1.95. The number of hydrogen-bond acceptors (Lipinski definition) is 4. The van der Waals surface area contributed by atoms with Crippen molar-refractivity contribution in [1.82, 2.24) is 10.2 Å². The predicted molar refractivity (Wildman–Crippen MR) is 57.1 cm³/mol. The van der Waals surface area contributed by atoms with Crippen molar-refractivity contribution in [1.29, 1.82) is 0 Å². The largest absolute Gasteiger partial charge is 0.382 e. The van der Waals surface area contributed by atoms with Crippen LogP contribution in [0.4, 0.5) is 11.6 Å². The molecule has 1 saturated heterocycles. The van der Waals surface area contributed by atoms with E-state index < -0.39 is 44.3 Å². The van der Waals surface area contributed by atoms with Crippen LogP contribution in [0.5, 0.6) is 0 Å². The Bertz CT molecular complexity index is 669. The van der Waals surface area contributed by atoms with Gasteiger partial charge in [-0.15, -0.1) is 10.2 Å². The highest BCUT2D eigenvalue weighted by Crippen LogP contribution is 2.20. The number of piperidine rings is 1. The van der Waals surface area contributed by atoms with Crippen molar-refractivity contribution in [3.63, 3.8) is 0 Å². The van der Waals surface area contributed by atoms with Crippen LogP contribution in [0, 0.1) is 5.89 Å². The predicted octanol–water partition coefficient (Wildman–Crippen LogP) is 1.30. The smallest absolute Gasteiger partial charge is 0.151 e. The summed E-state index contributed by atoms with van der Waals surface area (Å²) in [5.74, 6) is -4.47. The number of nitrogen functional groups attached to an aromatic ring is 1. The van der Waals surface area contributed by atoms with E-state index in [1.165, 1.54) is 0 Å². The Balaban J connectivity index is 2.86. The molecule has 0 bridgehead atoms. The van der Waals surface area contributed by atoms with E-state index in [4.69, 9.17) is 22.2 Å². The zero-order valence-electron chi connectivity index (χ0n) is 19.1. The lowest BCUT2D eigenvalue weighted by Crippen LogP contribution is -2.33. The molecule has 1 aliphatic heterocycles. The van der Waals surface area contributed by atoms with Crippen molar-refractivity contribution < 1.29 is 16.4 Å². The molecule has 2 N–H and O–H groups in total. The maximum absolute atomic E-state index is 8.10. The third-order valence-electron chi connectivity index (χ3n) is 1.49. The minimum Gasteiger partial charge on any atom is -0.382 e. The molecule has 1 aromatic heterocycles. The Morgan fingerprint density at radius 3 is 2.93 bits per heavy atom. The van der Waals surface area contributed by atoms with Gasteiger partial charge in [-0.05, 0) is 30.8 Å². The lowest BCUT2D eigenvalue weighted by atomic mass is 9.99. The highest BCUT2D eigenvalue weighted by molar-refractivity contribution is 5.41. The van der Waals surface area contributed by atoms with Crippen LogP contribution < -0.4 is 10.6 Å². The van der Waals surface area contributed by atoms with E-state index >= 15 is 0 Å². The molecule has 0 saturated carbocycles. The molecule has 0 aliphatic carbocycles. The van der Waals surface area contributed by atoms with Crippen molar-refractivity contribution in [2.45, 2.75) is 19.6 Å². The zero-order chi connectivity index (χ0) is 20.6. The lowest BCUT2D eigenvalue weighted by molar-refractivity contribution is 0.436. The zero-order valence-corrected chi connectivity index (χ0v) is 7.07. The second-order valence-electron chi connectivity index (χ2n) is 2.50. The summed E-state index contributed by atoms with van der Waals surface area (Å²) < 4.78 is 94.9.